The van der Waals surface area contributed by atoms with Crippen LogP contribution in [0.2, 0.25) is 0 Å². The number of aromatic nitrogens is 3. The highest BCUT2D eigenvalue weighted by Gasteiger charge is 2.32. The SMILES string of the molecule is CC(C)(CCCC(C(O)C(C)(C)C)n1cncn1)c1ccc(F)cc1. The van der Waals surface area contributed by atoms with Gasteiger partial charge in [-0.2, -0.15) is 5.10 Å². The number of aliphatic hydroxyl groups is 1. The van der Waals surface area contributed by atoms with E-state index in [0.717, 1.165) is 24.8 Å². The highest BCUT2D eigenvalue weighted by molar-refractivity contribution is 5.24. The number of hydrogen-bond donors (Lipinski definition) is 1. The van der Waals surface area contributed by atoms with Gasteiger partial charge < -0.3 is 5.11 Å². The maximum absolute atomic E-state index is 13.1. The molecule has 25 heavy (non-hydrogen) atoms. The Morgan fingerprint density at radius 2 is 1.76 bits per heavy atom. The van der Waals surface area contributed by atoms with Crippen LogP contribution in [0.5, 0.6) is 0 Å². The molecule has 138 valence electrons. The Bertz CT molecular complexity index is 645. The van der Waals surface area contributed by atoms with Gasteiger partial charge in [-0.3, -0.25) is 0 Å². The van der Waals surface area contributed by atoms with Gasteiger partial charge in [0.25, 0.3) is 0 Å². The average Bonchev–Trinajstić information content (AvgIpc) is 3.04. The van der Waals surface area contributed by atoms with Gasteiger partial charge in [-0.25, -0.2) is 14.1 Å². The summed E-state index contributed by atoms with van der Waals surface area (Å²) < 4.78 is 14.9. The largest absolute Gasteiger partial charge is 0.390 e. The van der Waals surface area contributed by atoms with Crippen molar-refractivity contribution in [3.63, 3.8) is 0 Å². The first kappa shape index (κ1) is 19.6. The van der Waals surface area contributed by atoms with E-state index in [-0.39, 0.29) is 22.7 Å². The normalized spacial score (nSPS) is 15.2. The Hall–Kier alpha value is -1.75. The molecule has 0 aliphatic heterocycles. The molecule has 0 spiro atoms. The molecule has 1 aromatic heterocycles. The van der Waals surface area contributed by atoms with Crippen molar-refractivity contribution < 1.29 is 9.50 Å². The van der Waals surface area contributed by atoms with Crippen LogP contribution in [-0.4, -0.2) is 26.0 Å². The van der Waals surface area contributed by atoms with Gasteiger partial charge in [0.15, 0.2) is 0 Å². The van der Waals surface area contributed by atoms with Crippen molar-refractivity contribution in [2.45, 2.75) is 71.4 Å². The Kier molecular flexibility index (Phi) is 5.99. The fraction of sp³-hybridized carbons (Fsp3) is 0.600. The molecule has 1 N–H and O–H groups in total. The lowest BCUT2D eigenvalue weighted by Gasteiger charge is -2.34. The van der Waals surface area contributed by atoms with Gasteiger partial charge in [-0.05, 0) is 41.4 Å². The first-order valence-electron chi connectivity index (χ1n) is 8.89. The summed E-state index contributed by atoms with van der Waals surface area (Å²) in [6.45, 7) is 10.4. The summed E-state index contributed by atoms with van der Waals surface area (Å²) in [6.07, 6.45) is 5.35. The van der Waals surface area contributed by atoms with E-state index in [4.69, 9.17) is 0 Å². The van der Waals surface area contributed by atoms with Crippen molar-refractivity contribution in [3.8, 4) is 0 Å². The molecular weight excluding hydrogens is 317 g/mol. The molecule has 4 nitrogen and oxygen atoms in total. The van der Waals surface area contributed by atoms with E-state index in [0.29, 0.717) is 0 Å². The minimum Gasteiger partial charge on any atom is -0.390 e. The Balaban J connectivity index is 2.04. The van der Waals surface area contributed by atoms with Crippen LogP contribution in [0.25, 0.3) is 0 Å². The summed E-state index contributed by atoms with van der Waals surface area (Å²) >= 11 is 0. The Labute approximate surface area is 150 Å². The molecule has 0 saturated carbocycles. The minimum atomic E-state index is -0.511. The Morgan fingerprint density at radius 1 is 1.12 bits per heavy atom. The summed E-state index contributed by atoms with van der Waals surface area (Å²) in [4.78, 5) is 4.03. The second-order valence-corrected chi connectivity index (χ2v) is 8.54. The molecule has 2 aromatic rings. The van der Waals surface area contributed by atoms with E-state index in [1.165, 1.54) is 18.5 Å². The summed E-state index contributed by atoms with van der Waals surface area (Å²) in [6, 6.07) is 6.63. The van der Waals surface area contributed by atoms with Crippen molar-refractivity contribution in [2.24, 2.45) is 5.41 Å². The van der Waals surface area contributed by atoms with Gasteiger partial charge >= 0.3 is 0 Å². The highest BCUT2D eigenvalue weighted by Crippen LogP contribution is 2.34. The number of aliphatic hydroxyl groups excluding tert-OH is 1. The number of hydrogen-bond acceptors (Lipinski definition) is 3. The van der Waals surface area contributed by atoms with E-state index in [9.17, 15) is 9.50 Å². The molecular formula is C20H30FN3O. The number of nitrogens with zero attached hydrogens (tertiary/aromatic N) is 3. The number of rotatable bonds is 7. The second kappa shape index (κ2) is 7.65. The van der Waals surface area contributed by atoms with Crippen molar-refractivity contribution in [1.82, 2.24) is 14.8 Å². The highest BCUT2D eigenvalue weighted by atomic mass is 19.1. The van der Waals surface area contributed by atoms with Crippen molar-refractivity contribution in [2.75, 3.05) is 0 Å². The van der Waals surface area contributed by atoms with Crippen LogP contribution in [-0.2, 0) is 5.41 Å². The molecule has 1 aromatic carbocycles. The molecule has 0 aliphatic carbocycles. The average molecular weight is 347 g/mol. The van der Waals surface area contributed by atoms with Gasteiger partial charge in [0.05, 0.1) is 12.1 Å². The molecule has 0 fully saturated rings. The molecule has 0 bridgehead atoms. The quantitative estimate of drug-likeness (QED) is 0.801. The lowest BCUT2D eigenvalue weighted by Crippen LogP contribution is -2.36. The summed E-state index contributed by atoms with van der Waals surface area (Å²) in [5.41, 5.74) is 0.846. The summed E-state index contributed by atoms with van der Waals surface area (Å²) in [5.74, 6) is -0.209. The van der Waals surface area contributed by atoms with E-state index >= 15 is 0 Å². The Morgan fingerprint density at radius 3 is 2.28 bits per heavy atom. The van der Waals surface area contributed by atoms with Crippen LogP contribution < -0.4 is 0 Å². The lowest BCUT2D eigenvalue weighted by molar-refractivity contribution is 0.00807. The molecule has 1 heterocycles. The van der Waals surface area contributed by atoms with Crippen molar-refractivity contribution in [3.05, 3.63) is 48.3 Å². The van der Waals surface area contributed by atoms with Crippen LogP contribution in [0.4, 0.5) is 4.39 Å². The molecule has 0 amide bonds. The van der Waals surface area contributed by atoms with Gasteiger partial charge in [-0.1, -0.05) is 53.2 Å². The van der Waals surface area contributed by atoms with Crippen LogP contribution in [0.15, 0.2) is 36.9 Å². The molecule has 0 saturated heterocycles. The van der Waals surface area contributed by atoms with E-state index in [1.807, 2.05) is 32.9 Å². The summed E-state index contributed by atoms with van der Waals surface area (Å²) in [5, 5.41) is 15.0. The van der Waals surface area contributed by atoms with Crippen LogP contribution in [0, 0.1) is 11.2 Å². The standard InChI is InChI=1S/C20H30FN3O/c1-19(2,3)18(25)17(24-14-22-13-23-24)7-6-12-20(4,5)15-8-10-16(21)11-9-15/h8-11,13-14,17-18,25H,6-7,12H2,1-5H3. The zero-order valence-corrected chi connectivity index (χ0v) is 15.9. The van der Waals surface area contributed by atoms with E-state index < -0.39 is 6.10 Å². The third kappa shape index (κ3) is 5.11. The fourth-order valence-corrected chi connectivity index (χ4v) is 3.20. The molecule has 0 radical (unpaired) electrons. The zero-order chi connectivity index (χ0) is 18.7. The second-order valence-electron chi connectivity index (χ2n) is 8.54. The topological polar surface area (TPSA) is 50.9 Å². The van der Waals surface area contributed by atoms with Gasteiger partial charge in [0, 0.05) is 0 Å². The van der Waals surface area contributed by atoms with Gasteiger partial charge in [0.1, 0.15) is 18.5 Å². The first-order valence-corrected chi connectivity index (χ1v) is 8.89. The fourth-order valence-electron chi connectivity index (χ4n) is 3.20. The van der Waals surface area contributed by atoms with Gasteiger partial charge in [-0.15, -0.1) is 0 Å². The van der Waals surface area contributed by atoms with E-state index in [2.05, 4.69) is 23.9 Å². The van der Waals surface area contributed by atoms with Crippen LogP contribution in [0.1, 0.15) is 65.5 Å². The van der Waals surface area contributed by atoms with E-state index in [1.54, 1.807) is 11.0 Å². The maximum atomic E-state index is 13.1. The first-order chi connectivity index (χ1) is 11.6. The monoisotopic (exact) mass is 347 g/mol. The molecule has 2 atom stereocenters. The molecule has 0 aliphatic rings. The summed E-state index contributed by atoms with van der Waals surface area (Å²) in [7, 11) is 0. The van der Waals surface area contributed by atoms with Crippen molar-refractivity contribution in [1.29, 1.82) is 0 Å². The maximum Gasteiger partial charge on any atom is 0.137 e. The van der Waals surface area contributed by atoms with Gasteiger partial charge in [0.2, 0.25) is 0 Å². The zero-order valence-electron chi connectivity index (χ0n) is 15.9. The van der Waals surface area contributed by atoms with Crippen LogP contribution in [0.3, 0.4) is 0 Å². The third-order valence-electron chi connectivity index (χ3n) is 4.96. The van der Waals surface area contributed by atoms with Crippen molar-refractivity contribution >= 4 is 0 Å². The molecule has 2 unspecified atom stereocenters. The smallest absolute Gasteiger partial charge is 0.137 e. The molecule has 2 rings (SSSR count). The predicted molar refractivity (Wildman–Crippen MR) is 97.8 cm³/mol. The number of benzene rings is 1. The van der Waals surface area contributed by atoms with Crippen LogP contribution >= 0.6 is 0 Å². The third-order valence-corrected chi connectivity index (χ3v) is 4.96. The predicted octanol–water partition coefficient (Wildman–Crippen LogP) is 4.51. The number of halogens is 1. The lowest BCUT2D eigenvalue weighted by atomic mass is 9.78. The molecule has 5 heteroatoms. The minimum absolute atomic E-state index is 0.0483.